The largest absolute Gasteiger partial charge is 0.492 e. The van der Waals surface area contributed by atoms with Crippen molar-refractivity contribution in [3.05, 3.63) is 63.7 Å². The van der Waals surface area contributed by atoms with E-state index < -0.39 is 25.0 Å². The first kappa shape index (κ1) is 21.4. The zero-order valence-corrected chi connectivity index (χ0v) is 17.3. The summed E-state index contributed by atoms with van der Waals surface area (Å²) in [6.45, 7) is 5.80. The van der Waals surface area contributed by atoms with Gasteiger partial charge >= 0.3 is 13.1 Å². The van der Waals surface area contributed by atoms with Gasteiger partial charge in [-0.15, -0.1) is 0 Å². The molecule has 8 heteroatoms. The molecule has 2 aromatic rings. The molecule has 1 atom stereocenters. The first-order valence-corrected chi connectivity index (χ1v) is 9.79. The fraction of sp³-hybridized carbons (Fsp3) is 0.333. The van der Waals surface area contributed by atoms with Crippen LogP contribution in [0.4, 0.5) is 0 Å². The minimum atomic E-state index is -1.04. The lowest BCUT2D eigenvalue weighted by Gasteiger charge is -2.22. The summed E-state index contributed by atoms with van der Waals surface area (Å²) in [4.78, 5) is 25.5. The standard InChI is InChI=1S/C21H23BClNO5/c1-12(2)19(21(26)28-10-14-5-4-6-16(23)9-14)24-20(25)17-8-7-15-11-29-22(27)18(15)13(17)3/h4-9,12,19,27H,10-11H2,1-3H3,(H,24,25). The van der Waals surface area contributed by atoms with E-state index in [2.05, 4.69) is 5.32 Å². The van der Waals surface area contributed by atoms with Crippen LogP contribution in [0.5, 0.6) is 0 Å². The number of benzene rings is 2. The average Bonchev–Trinajstić information content (AvgIpc) is 3.06. The molecule has 3 rings (SSSR count). The summed E-state index contributed by atoms with van der Waals surface area (Å²) in [6.07, 6.45) is 0. The quantitative estimate of drug-likeness (QED) is 0.559. The maximum Gasteiger partial charge on any atom is 0.492 e. The van der Waals surface area contributed by atoms with Crippen molar-refractivity contribution in [2.45, 2.75) is 40.0 Å². The first-order chi connectivity index (χ1) is 13.8. The number of rotatable bonds is 6. The van der Waals surface area contributed by atoms with E-state index in [1.165, 1.54) is 0 Å². The molecule has 0 spiro atoms. The second-order valence-corrected chi connectivity index (χ2v) is 7.84. The normalized spacial score (nSPS) is 13.9. The smallest absolute Gasteiger partial charge is 0.459 e. The topological polar surface area (TPSA) is 84.9 Å². The van der Waals surface area contributed by atoms with Crippen LogP contribution in [0.15, 0.2) is 36.4 Å². The highest BCUT2D eigenvalue weighted by molar-refractivity contribution is 6.62. The Morgan fingerprint density at radius 1 is 1.31 bits per heavy atom. The highest BCUT2D eigenvalue weighted by atomic mass is 35.5. The van der Waals surface area contributed by atoms with Crippen LogP contribution in [0.2, 0.25) is 5.02 Å². The third-order valence-corrected chi connectivity index (χ3v) is 5.21. The Kier molecular flexibility index (Phi) is 6.62. The molecule has 0 fully saturated rings. The van der Waals surface area contributed by atoms with Crippen molar-refractivity contribution in [3.63, 3.8) is 0 Å². The Bertz CT molecular complexity index is 933. The molecule has 0 radical (unpaired) electrons. The molecule has 1 heterocycles. The Hall–Kier alpha value is -2.35. The molecule has 6 nitrogen and oxygen atoms in total. The zero-order chi connectivity index (χ0) is 21.1. The van der Waals surface area contributed by atoms with Crippen molar-refractivity contribution >= 4 is 36.1 Å². The number of hydrogen-bond acceptors (Lipinski definition) is 5. The predicted molar refractivity (Wildman–Crippen MR) is 111 cm³/mol. The van der Waals surface area contributed by atoms with E-state index in [0.717, 1.165) is 11.1 Å². The maximum absolute atomic E-state index is 12.9. The molecule has 0 bridgehead atoms. The van der Waals surface area contributed by atoms with E-state index in [1.54, 1.807) is 37.3 Å². The van der Waals surface area contributed by atoms with Crippen LogP contribution in [0.1, 0.15) is 40.9 Å². The Balaban J connectivity index is 1.71. The molecule has 0 aromatic heterocycles. The second-order valence-electron chi connectivity index (χ2n) is 7.41. The van der Waals surface area contributed by atoms with Gasteiger partial charge in [-0.2, -0.15) is 0 Å². The van der Waals surface area contributed by atoms with Gasteiger partial charge in [0.05, 0.1) is 6.61 Å². The van der Waals surface area contributed by atoms with Gasteiger partial charge < -0.3 is 19.7 Å². The highest BCUT2D eigenvalue weighted by Crippen LogP contribution is 2.17. The van der Waals surface area contributed by atoms with E-state index in [0.29, 0.717) is 28.2 Å². The summed E-state index contributed by atoms with van der Waals surface area (Å²) in [6, 6.07) is 9.68. The molecule has 1 aliphatic heterocycles. The third-order valence-electron chi connectivity index (χ3n) is 4.97. The van der Waals surface area contributed by atoms with Gasteiger partial charge in [-0.3, -0.25) is 4.79 Å². The molecular formula is C21H23BClNO5. The number of nitrogens with one attached hydrogen (secondary N) is 1. The van der Waals surface area contributed by atoms with Crippen LogP contribution < -0.4 is 10.8 Å². The van der Waals surface area contributed by atoms with Crippen LogP contribution in [0.3, 0.4) is 0 Å². The molecule has 0 saturated carbocycles. The summed E-state index contributed by atoms with van der Waals surface area (Å²) in [5.74, 6) is -1.09. The van der Waals surface area contributed by atoms with Gasteiger partial charge in [-0.05, 0) is 53.2 Å². The number of ether oxygens (including phenoxy) is 1. The summed E-state index contributed by atoms with van der Waals surface area (Å²) >= 11 is 5.95. The van der Waals surface area contributed by atoms with E-state index >= 15 is 0 Å². The second kappa shape index (κ2) is 8.99. The summed E-state index contributed by atoms with van der Waals surface area (Å²) in [5, 5.41) is 13.3. The lowest BCUT2D eigenvalue weighted by molar-refractivity contribution is -0.148. The van der Waals surface area contributed by atoms with Gasteiger partial charge in [0, 0.05) is 10.6 Å². The maximum atomic E-state index is 12.9. The SMILES string of the molecule is Cc1c(C(=O)NC(C(=O)OCc2cccc(Cl)c2)C(C)C)ccc2c1B(O)OC2. The van der Waals surface area contributed by atoms with Gasteiger partial charge in [0.25, 0.3) is 5.91 Å². The van der Waals surface area contributed by atoms with Crippen molar-refractivity contribution in [2.75, 3.05) is 0 Å². The van der Waals surface area contributed by atoms with Gasteiger partial charge in [0.1, 0.15) is 12.6 Å². The zero-order valence-electron chi connectivity index (χ0n) is 16.6. The van der Waals surface area contributed by atoms with E-state index in [9.17, 15) is 14.6 Å². The van der Waals surface area contributed by atoms with Crippen LogP contribution in [0.25, 0.3) is 0 Å². The van der Waals surface area contributed by atoms with Crippen molar-refractivity contribution in [3.8, 4) is 0 Å². The van der Waals surface area contributed by atoms with Crippen molar-refractivity contribution in [1.82, 2.24) is 5.32 Å². The molecule has 1 amide bonds. The molecule has 0 saturated heterocycles. The highest BCUT2D eigenvalue weighted by Gasteiger charge is 2.32. The van der Waals surface area contributed by atoms with Gasteiger partial charge in [-0.1, -0.05) is 43.6 Å². The van der Waals surface area contributed by atoms with Gasteiger partial charge in [-0.25, -0.2) is 4.79 Å². The van der Waals surface area contributed by atoms with Crippen LogP contribution >= 0.6 is 11.6 Å². The minimum absolute atomic E-state index is 0.0693. The molecule has 29 heavy (non-hydrogen) atoms. The lowest BCUT2D eigenvalue weighted by atomic mass is 9.75. The molecule has 2 N–H and O–H groups in total. The minimum Gasteiger partial charge on any atom is -0.459 e. The summed E-state index contributed by atoms with van der Waals surface area (Å²) < 4.78 is 10.6. The number of halogens is 1. The summed E-state index contributed by atoms with van der Waals surface area (Å²) in [5.41, 5.74) is 3.26. The van der Waals surface area contributed by atoms with E-state index in [1.807, 2.05) is 19.9 Å². The fourth-order valence-electron chi connectivity index (χ4n) is 3.34. The van der Waals surface area contributed by atoms with Gasteiger partial charge in [0.15, 0.2) is 0 Å². The number of hydrogen-bond donors (Lipinski definition) is 2. The molecule has 2 aromatic carbocycles. The number of amides is 1. The van der Waals surface area contributed by atoms with Gasteiger partial charge in [0.2, 0.25) is 0 Å². The number of esters is 1. The van der Waals surface area contributed by atoms with Crippen molar-refractivity contribution < 1.29 is 24.0 Å². The third kappa shape index (κ3) is 4.81. The predicted octanol–water partition coefficient (Wildman–Crippen LogP) is 2.36. The summed E-state index contributed by atoms with van der Waals surface area (Å²) in [7, 11) is -1.04. The van der Waals surface area contributed by atoms with Crippen LogP contribution in [-0.4, -0.2) is 30.1 Å². The van der Waals surface area contributed by atoms with E-state index in [-0.39, 0.29) is 12.5 Å². The lowest BCUT2D eigenvalue weighted by Crippen LogP contribution is -2.46. The number of carbonyl (C=O) groups excluding carboxylic acids is 2. The molecule has 152 valence electrons. The molecular weight excluding hydrogens is 392 g/mol. The Morgan fingerprint density at radius 2 is 2.07 bits per heavy atom. The van der Waals surface area contributed by atoms with Crippen molar-refractivity contribution in [1.29, 1.82) is 0 Å². The number of carbonyl (C=O) groups is 2. The van der Waals surface area contributed by atoms with E-state index in [4.69, 9.17) is 21.0 Å². The van der Waals surface area contributed by atoms with Crippen LogP contribution in [0, 0.1) is 12.8 Å². The van der Waals surface area contributed by atoms with Crippen LogP contribution in [-0.2, 0) is 27.4 Å². The number of fused-ring (bicyclic) bond motifs is 1. The fourth-order valence-corrected chi connectivity index (χ4v) is 3.55. The Labute approximate surface area is 175 Å². The molecule has 1 unspecified atom stereocenters. The average molecular weight is 416 g/mol. The first-order valence-electron chi connectivity index (χ1n) is 9.42. The monoisotopic (exact) mass is 415 g/mol. The Morgan fingerprint density at radius 3 is 2.76 bits per heavy atom. The van der Waals surface area contributed by atoms with Crippen molar-refractivity contribution in [2.24, 2.45) is 5.92 Å². The molecule has 1 aliphatic rings. The molecule has 0 aliphatic carbocycles.